The van der Waals surface area contributed by atoms with E-state index < -0.39 is 11.4 Å². The van der Waals surface area contributed by atoms with Gasteiger partial charge in [-0.25, -0.2) is 14.5 Å². The van der Waals surface area contributed by atoms with Gasteiger partial charge in [-0.3, -0.25) is 14.5 Å². The van der Waals surface area contributed by atoms with Crippen LogP contribution in [0.3, 0.4) is 0 Å². The number of benzene rings is 2. The first-order valence-electron chi connectivity index (χ1n) is 14.0. The van der Waals surface area contributed by atoms with Crippen LogP contribution in [0.15, 0.2) is 70.1 Å². The number of carbonyl (C=O) groups excluding carboxylic acids is 1. The molecule has 4 aromatic rings. The molecule has 1 aliphatic heterocycles. The third-order valence-corrected chi connectivity index (χ3v) is 8.83. The number of piperazine rings is 1. The van der Waals surface area contributed by atoms with Crippen molar-refractivity contribution in [2.75, 3.05) is 39.0 Å². The van der Waals surface area contributed by atoms with Gasteiger partial charge in [-0.2, -0.15) is 5.10 Å². The van der Waals surface area contributed by atoms with E-state index in [1.165, 1.54) is 17.4 Å². The minimum atomic E-state index is -0.630. The SMILES string of the molecule is CCC(C)C(/C=C1\CN(C)CCN1C)=Nc1cc(-c2ccc(C)c(NC(=O)c3cc4ccccc4s3)c2F)n[nH]c1=O. The highest BCUT2D eigenvalue weighted by molar-refractivity contribution is 7.20. The van der Waals surface area contributed by atoms with E-state index in [-0.39, 0.29) is 34.5 Å². The summed E-state index contributed by atoms with van der Waals surface area (Å²) in [4.78, 5) is 35.6. The zero-order chi connectivity index (χ0) is 30.0. The number of aryl methyl sites for hydroxylation is 1. The molecule has 2 aromatic carbocycles. The standard InChI is InChI=1S/C32H35FN6O2S/c1-6-19(2)24(16-22-18-38(4)13-14-39(22)5)34-26-17-25(36-37-31(26)40)23-12-11-20(3)30(29(23)33)35-32(41)28-15-21-9-7-8-10-27(21)42-28/h7-12,15-17,19H,6,13-14,18H2,1-5H3,(H,35,41)(H,37,40)/b22-16+,34-24?. The van der Waals surface area contributed by atoms with Crippen molar-refractivity contribution < 1.29 is 9.18 Å². The molecule has 0 spiro atoms. The van der Waals surface area contributed by atoms with Crippen molar-refractivity contribution in [2.24, 2.45) is 10.9 Å². The van der Waals surface area contributed by atoms with E-state index in [1.54, 1.807) is 25.1 Å². The third kappa shape index (κ3) is 6.19. The lowest BCUT2D eigenvalue weighted by Crippen LogP contribution is -2.41. The second-order valence-electron chi connectivity index (χ2n) is 10.8. The predicted molar refractivity (Wildman–Crippen MR) is 170 cm³/mol. The molecule has 0 saturated carbocycles. The Kier molecular flexibility index (Phi) is 8.65. The van der Waals surface area contributed by atoms with Crippen LogP contribution in [0, 0.1) is 18.7 Å². The zero-order valence-corrected chi connectivity index (χ0v) is 25.3. The Morgan fingerprint density at radius 2 is 2.00 bits per heavy atom. The van der Waals surface area contributed by atoms with Gasteiger partial charge in [0.25, 0.3) is 11.5 Å². The highest BCUT2D eigenvalue weighted by atomic mass is 32.1. The number of hydrogen-bond donors (Lipinski definition) is 2. The Balaban J connectivity index is 1.50. The summed E-state index contributed by atoms with van der Waals surface area (Å²) in [5, 5.41) is 10.3. The van der Waals surface area contributed by atoms with Crippen molar-refractivity contribution in [2.45, 2.75) is 27.2 Å². The number of halogens is 1. The number of aromatic nitrogens is 2. The van der Waals surface area contributed by atoms with Gasteiger partial charge in [0.05, 0.1) is 16.3 Å². The largest absolute Gasteiger partial charge is 0.375 e. The highest BCUT2D eigenvalue weighted by Gasteiger charge is 2.20. The first kappa shape index (κ1) is 29.3. The summed E-state index contributed by atoms with van der Waals surface area (Å²) >= 11 is 1.35. The van der Waals surface area contributed by atoms with Gasteiger partial charge in [0, 0.05) is 48.4 Å². The number of H-pyrrole nitrogens is 1. The molecule has 1 fully saturated rings. The molecule has 2 aromatic heterocycles. The van der Waals surface area contributed by atoms with Gasteiger partial charge < -0.3 is 10.2 Å². The van der Waals surface area contributed by atoms with E-state index in [4.69, 9.17) is 4.99 Å². The van der Waals surface area contributed by atoms with Crippen LogP contribution >= 0.6 is 11.3 Å². The first-order valence-corrected chi connectivity index (χ1v) is 14.8. The molecule has 0 aliphatic carbocycles. The first-order chi connectivity index (χ1) is 20.1. The van der Waals surface area contributed by atoms with Crippen molar-refractivity contribution >= 4 is 44.4 Å². The lowest BCUT2D eigenvalue weighted by Gasteiger charge is -2.34. The van der Waals surface area contributed by atoms with Gasteiger partial charge in [-0.1, -0.05) is 38.1 Å². The molecule has 0 bridgehead atoms. The zero-order valence-electron chi connectivity index (χ0n) is 24.5. The molecule has 8 nitrogen and oxygen atoms in total. The number of rotatable bonds is 7. The summed E-state index contributed by atoms with van der Waals surface area (Å²) in [6.45, 7) is 8.55. The van der Waals surface area contributed by atoms with Gasteiger partial charge in [0.1, 0.15) is 5.69 Å². The van der Waals surface area contributed by atoms with Crippen molar-refractivity contribution in [3.05, 3.63) is 86.9 Å². The topological polar surface area (TPSA) is 93.7 Å². The van der Waals surface area contributed by atoms with Crippen LogP contribution < -0.4 is 10.9 Å². The van der Waals surface area contributed by atoms with Crippen molar-refractivity contribution in [1.82, 2.24) is 20.0 Å². The maximum absolute atomic E-state index is 16.0. The van der Waals surface area contributed by atoms with Crippen LogP contribution in [0.25, 0.3) is 21.3 Å². The summed E-state index contributed by atoms with van der Waals surface area (Å²) in [6, 6.07) is 14.3. The fraction of sp³-hybridized carbons (Fsp3) is 0.312. The van der Waals surface area contributed by atoms with E-state index in [0.717, 1.165) is 47.5 Å². The molecular formula is C32H35FN6O2S. The van der Waals surface area contributed by atoms with Gasteiger partial charge in [-0.05, 0) is 67.6 Å². The minimum Gasteiger partial charge on any atom is -0.375 e. The lowest BCUT2D eigenvalue weighted by molar-refractivity contribution is 0.103. The molecule has 1 unspecified atom stereocenters. The maximum Gasteiger partial charge on any atom is 0.290 e. The average molecular weight is 587 g/mol. The predicted octanol–water partition coefficient (Wildman–Crippen LogP) is 6.23. The Labute approximate surface area is 248 Å². The monoisotopic (exact) mass is 586 g/mol. The summed E-state index contributed by atoms with van der Waals surface area (Å²) in [6.07, 6.45) is 2.89. The van der Waals surface area contributed by atoms with Crippen LogP contribution in [0.5, 0.6) is 0 Å². The fourth-order valence-corrected chi connectivity index (χ4v) is 5.77. The lowest BCUT2D eigenvalue weighted by atomic mass is 10.0. The fourth-order valence-electron chi connectivity index (χ4n) is 4.81. The molecule has 2 N–H and O–H groups in total. The Morgan fingerprint density at radius 3 is 2.76 bits per heavy atom. The number of nitrogens with one attached hydrogen (secondary N) is 2. The molecule has 1 amide bonds. The van der Waals surface area contributed by atoms with Crippen molar-refractivity contribution in [1.29, 1.82) is 0 Å². The number of hydrogen-bond acceptors (Lipinski definition) is 7. The van der Waals surface area contributed by atoms with Gasteiger partial charge in [-0.15, -0.1) is 11.3 Å². The number of likely N-dealkylation sites (N-methyl/N-ethyl adjacent to an activating group) is 2. The van der Waals surface area contributed by atoms with Crippen LogP contribution in [0.1, 0.15) is 35.5 Å². The normalized spacial score (nSPS) is 16.3. The number of anilines is 1. The number of thiophene rings is 1. The van der Waals surface area contributed by atoms with Gasteiger partial charge in [0.15, 0.2) is 5.82 Å². The van der Waals surface area contributed by atoms with Crippen molar-refractivity contribution in [3.8, 4) is 11.3 Å². The maximum atomic E-state index is 16.0. The summed E-state index contributed by atoms with van der Waals surface area (Å²) < 4.78 is 16.9. The second-order valence-corrected chi connectivity index (χ2v) is 11.9. The molecule has 1 atom stereocenters. The van der Waals surface area contributed by atoms with E-state index in [0.29, 0.717) is 10.4 Å². The van der Waals surface area contributed by atoms with E-state index in [1.807, 2.05) is 24.3 Å². The van der Waals surface area contributed by atoms with E-state index in [2.05, 4.69) is 59.3 Å². The number of nitrogens with zero attached hydrogens (tertiary/aromatic N) is 4. The molecule has 0 radical (unpaired) electrons. The second kappa shape index (κ2) is 12.4. The van der Waals surface area contributed by atoms with Crippen LogP contribution in [-0.2, 0) is 0 Å². The smallest absolute Gasteiger partial charge is 0.290 e. The quantitative estimate of drug-likeness (QED) is 0.251. The summed E-state index contributed by atoms with van der Waals surface area (Å²) in [5.74, 6) is -0.921. The third-order valence-electron chi connectivity index (χ3n) is 7.72. The molecule has 5 rings (SSSR count). The molecule has 42 heavy (non-hydrogen) atoms. The molecule has 218 valence electrons. The Morgan fingerprint density at radius 1 is 1.21 bits per heavy atom. The molecular weight excluding hydrogens is 551 g/mol. The number of amides is 1. The van der Waals surface area contributed by atoms with Gasteiger partial charge >= 0.3 is 0 Å². The average Bonchev–Trinajstić information content (AvgIpc) is 3.42. The molecule has 1 saturated heterocycles. The Bertz CT molecular complexity index is 1720. The van der Waals surface area contributed by atoms with Crippen LogP contribution in [0.2, 0.25) is 0 Å². The van der Waals surface area contributed by atoms with Crippen LogP contribution in [-0.4, -0.2) is 65.3 Å². The number of carbonyl (C=O) groups is 1. The molecule has 10 heteroatoms. The van der Waals surface area contributed by atoms with E-state index >= 15 is 4.39 Å². The van der Waals surface area contributed by atoms with E-state index in [9.17, 15) is 9.59 Å². The number of fused-ring (bicyclic) bond motifs is 1. The number of allylic oxidation sites excluding steroid dienone is 1. The minimum absolute atomic E-state index is 0.0718. The summed E-state index contributed by atoms with van der Waals surface area (Å²) in [5.41, 5.74) is 2.59. The molecule has 3 heterocycles. The molecule has 1 aliphatic rings. The number of aliphatic imine (C=N–C) groups is 1. The Hall–Kier alpha value is -4.15. The van der Waals surface area contributed by atoms with Gasteiger partial charge in [0.2, 0.25) is 0 Å². The summed E-state index contributed by atoms with van der Waals surface area (Å²) in [7, 11) is 4.14. The van der Waals surface area contributed by atoms with Crippen molar-refractivity contribution in [3.63, 3.8) is 0 Å². The van der Waals surface area contributed by atoms with Crippen LogP contribution in [0.4, 0.5) is 15.8 Å². The highest BCUT2D eigenvalue weighted by Crippen LogP contribution is 2.32. The number of aromatic amines is 1.